The van der Waals surface area contributed by atoms with Crippen LogP contribution in [0.2, 0.25) is 0 Å². The highest BCUT2D eigenvalue weighted by Gasteiger charge is 2.27. The van der Waals surface area contributed by atoms with E-state index in [0.717, 1.165) is 12.0 Å². The van der Waals surface area contributed by atoms with Gasteiger partial charge < -0.3 is 5.11 Å². The summed E-state index contributed by atoms with van der Waals surface area (Å²) in [4.78, 5) is 0. The molecule has 112 valence electrons. The molecule has 0 aliphatic heterocycles. The molecule has 0 fully saturated rings. The molecular weight excluding hydrogens is 256 g/mol. The van der Waals surface area contributed by atoms with Gasteiger partial charge in [-0.15, -0.1) is 0 Å². The Hall–Kier alpha value is -1.60. The zero-order valence-electron chi connectivity index (χ0n) is 13.5. The van der Waals surface area contributed by atoms with E-state index in [1.807, 2.05) is 6.07 Å². The van der Waals surface area contributed by atoms with Gasteiger partial charge in [-0.25, -0.2) is 0 Å². The third kappa shape index (κ3) is 3.74. The molecule has 0 spiro atoms. The Labute approximate surface area is 128 Å². The van der Waals surface area contributed by atoms with Crippen molar-refractivity contribution in [2.75, 3.05) is 0 Å². The Morgan fingerprint density at radius 2 is 1.48 bits per heavy atom. The summed E-state index contributed by atoms with van der Waals surface area (Å²) < 4.78 is 0. The second-order valence-electron chi connectivity index (χ2n) is 6.19. The summed E-state index contributed by atoms with van der Waals surface area (Å²) in [6, 6.07) is 16.8. The summed E-state index contributed by atoms with van der Waals surface area (Å²) in [6.07, 6.45) is 0.600. The summed E-state index contributed by atoms with van der Waals surface area (Å²) in [6.45, 7) is 8.59. The van der Waals surface area contributed by atoms with Gasteiger partial charge in [0.05, 0.1) is 6.10 Å². The molecule has 1 heteroatoms. The minimum Gasteiger partial charge on any atom is -0.388 e. The van der Waals surface area contributed by atoms with Gasteiger partial charge >= 0.3 is 0 Å². The van der Waals surface area contributed by atoms with E-state index >= 15 is 0 Å². The van der Waals surface area contributed by atoms with Crippen molar-refractivity contribution in [2.24, 2.45) is 5.92 Å². The van der Waals surface area contributed by atoms with Crippen molar-refractivity contribution < 1.29 is 5.11 Å². The Morgan fingerprint density at radius 1 is 0.905 bits per heavy atom. The van der Waals surface area contributed by atoms with Crippen LogP contribution in [-0.4, -0.2) is 5.11 Å². The van der Waals surface area contributed by atoms with Crippen LogP contribution in [0.5, 0.6) is 0 Å². The molecule has 2 aromatic carbocycles. The maximum atomic E-state index is 11.0. The number of benzene rings is 2. The minimum absolute atomic E-state index is 0.136. The lowest BCUT2D eigenvalue weighted by Crippen LogP contribution is -2.18. The molecule has 0 saturated heterocycles. The fourth-order valence-corrected chi connectivity index (χ4v) is 3.14. The zero-order chi connectivity index (χ0) is 15.4. The third-order valence-electron chi connectivity index (χ3n) is 4.37. The molecule has 2 rings (SSSR count). The monoisotopic (exact) mass is 282 g/mol. The predicted octanol–water partition coefficient (Wildman–Crippen LogP) is 5.17. The topological polar surface area (TPSA) is 20.2 Å². The highest BCUT2D eigenvalue weighted by atomic mass is 16.3. The van der Waals surface area contributed by atoms with E-state index in [2.05, 4.69) is 70.2 Å². The van der Waals surface area contributed by atoms with Crippen LogP contribution in [-0.2, 0) is 0 Å². The SMILES string of the molecule is CCC(C)C(c1ccccc1)C(O)c1cc(C)cc(C)c1. The first-order valence-corrected chi connectivity index (χ1v) is 7.84. The molecule has 3 unspecified atom stereocenters. The van der Waals surface area contributed by atoms with E-state index in [-0.39, 0.29) is 5.92 Å². The van der Waals surface area contributed by atoms with Crippen LogP contribution in [0.15, 0.2) is 48.5 Å². The highest BCUT2D eigenvalue weighted by Crippen LogP contribution is 2.38. The van der Waals surface area contributed by atoms with Gasteiger partial charge in [0, 0.05) is 5.92 Å². The molecule has 0 bridgehead atoms. The molecule has 0 radical (unpaired) electrons. The quantitative estimate of drug-likeness (QED) is 0.802. The van der Waals surface area contributed by atoms with Crippen molar-refractivity contribution in [3.05, 3.63) is 70.8 Å². The fraction of sp³-hybridized carbons (Fsp3) is 0.400. The Balaban J connectivity index is 2.41. The van der Waals surface area contributed by atoms with E-state index in [1.54, 1.807) is 0 Å². The average molecular weight is 282 g/mol. The first-order valence-electron chi connectivity index (χ1n) is 7.84. The van der Waals surface area contributed by atoms with Crippen molar-refractivity contribution >= 4 is 0 Å². The van der Waals surface area contributed by atoms with Gasteiger partial charge in [-0.05, 0) is 30.9 Å². The van der Waals surface area contributed by atoms with Gasteiger partial charge in [0.25, 0.3) is 0 Å². The molecule has 3 atom stereocenters. The van der Waals surface area contributed by atoms with Crippen LogP contribution in [0.1, 0.15) is 54.5 Å². The molecule has 1 nitrogen and oxygen atoms in total. The second-order valence-corrected chi connectivity index (χ2v) is 6.19. The standard InChI is InChI=1S/C20H26O/c1-5-16(4)19(17-9-7-6-8-10-17)20(21)18-12-14(2)11-15(3)13-18/h6-13,16,19-21H,5H2,1-4H3. The van der Waals surface area contributed by atoms with Gasteiger partial charge in [0.15, 0.2) is 0 Å². The predicted molar refractivity (Wildman–Crippen MR) is 89.5 cm³/mol. The second kappa shape index (κ2) is 6.91. The van der Waals surface area contributed by atoms with Crippen LogP contribution in [0, 0.1) is 19.8 Å². The van der Waals surface area contributed by atoms with Crippen LogP contribution in [0.3, 0.4) is 0 Å². The number of aliphatic hydroxyl groups excluding tert-OH is 1. The molecule has 0 aliphatic carbocycles. The molecule has 0 heterocycles. The van der Waals surface area contributed by atoms with Gasteiger partial charge in [-0.2, -0.15) is 0 Å². The molecule has 0 aromatic heterocycles. The number of hydrogen-bond donors (Lipinski definition) is 1. The van der Waals surface area contributed by atoms with Crippen LogP contribution < -0.4 is 0 Å². The van der Waals surface area contributed by atoms with Crippen molar-refractivity contribution in [1.82, 2.24) is 0 Å². The van der Waals surface area contributed by atoms with E-state index < -0.39 is 6.10 Å². The molecule has 2 aromatic rings. The Bertz CT molecular complexity index is 553. The number of aryl methyl sites for hydroxylation is 2. The highest BCUT2D eigenvalue weighted by molar-refractivity contribution is 5.33. The van der Waals surface area contributed by atoms with Crippen LogP contribution in [0.4, 0.5) is 0 Å². The summed E-state index contributed by atoms with van der Waals surface area (Å²) in [5.41, 5.74) is 4.67. The van der Waals surface area contributed by atoms with E-state index in [4.69, 9.17) is 0 Å². The molecule has 0 amide bonds. The molecule has 0 saturated carbocycles. The lowest BCUT2D eigenvalue weighted by molar-refractivity contribution is 0.118. The van der Waals surface area contributed by atoms with Gasteiger partial charge in [0.1, 0.15) is 0 Å². The first kappa shape index (κ1) is 15.8. The zero-order valence-corrected chi connectivity index (χ0v) is 13.5. The maximum absolute atomic E-state index is 11.0. The smallest absolute Gasteiger partial charge is 0.0861 e. The minimum atomic E-state index is -0.457. The van der Waals surface area contributed by atoms with Crippen molar-refractivity contribution in [1.29, 1.82) is 0 Å². The summed E-state index contributed by atoms with van der Waals surface area (Å²) in [5, 5.41) is 11.0. The first-order chi connectivity index (χ1) is 10.0. The van der Waals surface area contributed by atoms with Crippen molar-refractivity contribution in [2.45, 2.75) is 46.1 Å². The van der Waals surface area contributed by atoms with Crippen molar-refractivity contribution in [3.63, 3.8) is 0 Å². The van der Waals surface area contributed by atoms with Crippen LogP contribution >= 0.6 is 0 Å². The van der Waals surface area contributed by atoms with E-state index in [9.17, 15) is 5.11 Å². The summed E-state index contributed by atoms with van der Waals surface area (Å²) >= 11 is 0. The summed E-state index contributed by atoms with van der Waals surface area (Å²) in [5.74, 6) is 0.570. The van der Waals surface area contributed by atoms with E-state index in [0.29, 0.717) is 5.92 Å². The molecule has 1 N–H and O–H groups in total. The maximum Gasteiger partial charge on any atom is 0.0861 e. The Kier molecular flexibility index (Phi) is 5.19. The van der Waals surface area contributed by atoms with Crippen LogP contribution in [0.25, 0.3) is 0 Å². The summed E-state index contributed by atoms with van der Waals surface area (Å²) in [7, 11) is 0. The van der Waals surface area contributed by atoms with E-state index in [1.165, 1.54) is 16.7 Å². The number of aliphatic hydroxyl groups is 1. The normalized spacial score (nSPS) is 15.5. The molecule has 21 heavy (non-hydrogen) atoms. The molecular formula is C20H26O. The van der Waals surface area contributed by atoms with Gasteiger partial charge in [-0.3, -0.25) is 0 Å². The van der Waals surface area contributed by atoms with Crippen molar-refractivity contribution in [3.8, 4) is 0 Å². The number of rotatable bonds is 5. The lowest BCUT2D eigenvalue weighted by atomic mass is 9.79. The third-order valence-corrected chi connectivity index (χ3v) is 4.37. The fourth-order valence-electron chi connectivity index (χ4n) is 3.14. The van der Waals surface area contributed by atoms with Gasteiger partial charge in [-0.1, -0.05) is 79.9 Å². The largest absolute Gasteiger partial charge is 0.388 e. The number of hydrogen-bond acceptors (Lipinski definition) is 1. The van der Waals surface area contributed by atoms with Gasteiger partial charge in [0.2, 0.25) is 0 Å². The Morgan fingerprint density at radius 3 is 2.00 bits per heavy atom. The lowest BCUT2D eigenvalue weighted by Gasteiger charge is -2.29. The molecule has 0 aliphatic rings. The average Bonchev–Trinajstić information content (AvgIpc) is 2.47.